The number of carbonyl (C=O) groups is 1. The zero-order valence-corrected chi connectivity index (χ0v) is 11.6. The van der Waals surface area contributed by atoms with Gasteiger partial charge in [0, 0.05) is 18.6 Å². The van der Waals surface area contributed by atoms with Crippen LogP contribution in [0.2, 0.25) is 0 Å². The van der Waals surface area contributed by atoms with Gasteiger partial charge in [0.2, 0.25) is 0 Å². The van der Waals surface area contributed by atoms with E-state index in [4.69, 9.17) is 4.74 Å². The van der Waals surface area contributed by atoms with Crippen molar-refractivity contribution in [2.45, 2.75) is 32.4 Å². The molecule has 1 aromatic heterocycles. The summed E-state index contributed by atoms with van der Waals surface area (Å²) < 4.78 is 9.97. The lowest BCUT2D eigenvalue weighted by Gasteiger charge is -2.51. The Bertz CT molecular complexity index is 459. The molecule has 6 heteroatoms. The second-order valence-electron chi connectivity index (χ2n) is 5.27. The molecule has 1 saturated carbocycles. The van der Waals surface area contributed by atoms with Crippen LogP contribution in [0.25, 0.3) is 0 Å². The van der Waals surface area contributed by atoms with Gasteiger partial charge in [-0.3, -0.25) is 0 Å². The number of carbonyl (C=O) groups excluding carboxylic acids is 1. The van der Waals surface area contributed by atoms with Crippen LogP contribution in [0, 0.1) is 5.41 Å². The van der Waals surface area contributed by atoms with Crippen molar-refractivity contribution in [3.63, 3.8) is 0 Å². The molecule has 1 aliphatic rings. The van der Waals surface area contributed by atoms with Gasteiger partial charge in [-0.15, -0.1) is 10.2 Å². The van der Waals surface area contributed by atoms with Gasteiger partial charge < -0.3 is 14.8 Å². The van der Waals surface area contributed by atoms with Crippen LogP contribution in [0.5, 0.6) is 0 Å². The molecule has 1 N–H and O–H groups in total. The molecule has 1 heterocycles. The predicted octanol–water partition coefficient (Wildman–Crippen LogP) is 1.49. The standard InChI is InChI=1S/C13H19N3O3/c1-13(2)9(7-10(13)18-3)14-11-6-5-8(15-16-11)12(17)19-4/h5-6,9-10H,7H2,1-4H3,(H,14,16). The normalized spacial score (nSPS) is 24.4. The third-order valence-electron chi connectivity index (χ3n) is 3.84. The Kier molecular flexibility index (Phi) is 3.71. The third-order valence-corrected chi connectivity index (χ3v) is 3.84. The summed E-state index contributed by atoms with van der Waals surface area (Å²) in [7, 11) is 3.05. The van der Waals surface area contributed by atoms with Gasteiger partial charge in [0.1, 0.15) is 5.82 Å². The van der Waals surface area contributed by atoms with Crippen LogP contribution < -0.4 is 5.32 Å². The Morgan fingerprint density at radius 1 is 1.37 bits per heavy atom. The minimum Gasteiger partial charge on any atom is -0.464 e. The van der Waals surface area contributed by atoms with E-state index in [1.165, 1.54) is 7.11 Å². The lowest BCUT2D eigenvalue weighted by atomic mass is 9.64. The summed E-state index contributed by atoms with van der Waals surface area (Å²) >= 11 is 0. The topological polar surface area (TPSA) is 73.3 Å². The van der Waals surface area contributed by atoms with Crippen molar-refractivity contribution >= 4 is 11.8 Å². The Labute approximate surface area is 112 Å². The number of rotatable bonds is 4. The number of nitrogens with one attached hydrogen (secondary N) is 1. The summed E-state index contributed by atoms with van der Waals surface area (Å²) in [6.45, 7) is 4.30. The fourth-order valence-corrected chi connectivity index (χ4v) is 2.33. The van der Waals surface area contributed by atoms with Crippen molar-refractivity contribution in [2.24, 2.45) is 5.41 Å². The maximum absolute atomic E-state index is 11.2. The minimum atomic E-state index is -0.484. The second kappa shape index (κ2) is 5.13. The number of hydrogen-bond acceptors (Lipinski definition) is 6. The molecule has 2 rings (SSSR count). The van der Waals surface area contributed by atoms with Crippen molar-refractivity contribution in [2.75, 3.05) is 19.5 Å². The maximum Gasteiger partial charge on any atom is 0.358 e. The zero-order valence-electron chi connectivity index (χ0n) is 11.6. The van der Waals surface area contributed by atoms with Crippen molar-refractivity contribution in [3.8, 4) is 0 Å². The van der Waals surface area contributed by atoms with Gasteiger partial charge in [0.15, 0.2) is 5.69 Å². The number of methoxy groups -OCH3 is 2. The van der Waals surface area contributed by atoms with Gasteiger partial charge in [-0.25, -0.2) is 4.79 Å². The SMILES string of the molecule is COC(=O)c1ccc(NC2CC(OC)C2(C)C)nn1. The molecule has 0 radical (unpaired) electrons. The number of anilines is 1. The molecule has 1 fully saturated rings. The molecule has 0 saturated heterocycles. The molecule has 104 valence electrons. The molecule has 1 aromatic rings. The van der Waals surface area contributed by atoms with Crippen molar-refractivity contribution < 1.29 is 14.3 Å². The van der Waals surface area contributed by atoms with E-state index in [0.29, 0.717) is 5.82 Å². The first-order valence-corrected chi connectivity index (χ1v) is 6.20. The smallest absolute Gasteiger partial charge is 0.358 e. The van der Waals surface area contributed by atoms with Gasteiger partial charge in [-0.1, -0.05) is 13.8 Å². The van der Waals surface area contributed by atoms with Gasteiger partial charge >= 0.3 is 5.97 Å². The molecule has 2 atom stereocenters. The van der Waals surface area contributed by atoms with Gasteiger partial charge in [0.05, 0.1) is 13.2 Å². The highest BCUT2D eigenvalue weighted by molar-refractivity contribution is 5.86. The van der Waals surface area contributed by atoms with E-state index in [0.717, 1.165) is 6.42 Å². The van der Waals surface area contributed by atoms with Crippen LogP contribution in [-0.2, 0) is 9.47 Å². The number of nitrogens with zero attached hydrogens (tertiary/aromatic N) is 2. The quantitative estimate of drug-likeness (QED) is 0.831. The number of aromatic nitrogens is 2. The number of esters is 1. The Hall–Kier alpha value is -1.69. The largest absolute Gasteiger partial charge is 0.464 e. The molecule has 2 unspecified atom stereocenters. The molecule has 0 aromatic carbocycles. The highest BCUT2D eigenvalue weighted by Gasteiger charge is 2.48. The summed E-state index contributed by atoms with van der Waals surface area (Å²) in [4.78, 5) is 11.2. The lowest BCUT2D eigenvalue weighted by molar-refractivity contribution is -0.0795. The third kappa shape index (κ3) is 2.53. The summed E-state index contributed by atoms with van der Waals surface area (Å²) in [6, 6.07) is 3.62. The van der Waals surface area contributed by atoms with Crippen LogP contribution in [0.15, 0.2) is 12.1 Å². The monoisotopic (exact) mass is 265 g/mol. The maximum atomic E-state index is 11.2. The Morgan fingerprint density at radius 3 is 2.58 bits per heavy atom. The van der Waals surface area contributed by atoms with E-state index in [1.807, 2.05) is 0 Å². The highest BCUT2D eigenvalue weighted by atomic mass is 16.5. The molecular weight excluding hydrogens is 246 g/mol. The van der Waals surface area contributed by atoms with Crippen LogP contribution in [0.4, 0.5) is 5.82 Å². The fraction of sp³-hybridized carbons (Fsp3) is 0.615. The molecule has 0 bridgehead atoms. The van der Waals surface area contributed by atoms with Crippen LogP contribution in [-0.4, -0.2) is 42.5 Å². The van der Waals surface area contributed by atoms with E-state index in [2.05, 4.69) is 34.1 Å². The van der Waals surface area contributed by atoms with E-state index >= 15 is 0 Å². The molecule has 0 spiro atoms. The summed E-state index contributed by atoms with van der Waals surface area (Å²) in [5, 5.41) is 11.1. The Balaban J connectivity index is 2.00. The molecule has 0 amide bonds. The molecule has 1 aliphatic carbocycles. The van der Waals surface area contributed by atoms with E-state index in [1.54, 1.807) is 19.2 Å². The lowest BCUT2D eigenvalue weighted by Crippen LogP contribution is -2.57. The average Bonchev–Trinajstić information content (AvgIpc) is 2.42. The number of ether oxygens (including phenoxy) is 2. The molecular formula is C13H19N3O3. The molecule has 6 nitrogen and oxygen atoms in total. The van der Waals surface area contributed by atoms with E-state index < -0.39 is 5.97 Å². The first-order chi connectivity index (χ1) is 8.98. The minimum absolute atomic E-state index is 0.0530. The fourth-order valence-electron chi connectivity index (χ4n) is 2.33. The van der Waals surface area contributed by atoms with Crippen molar-refractivity contribution in [1.82, 2.24) is 10.2 Å². The first-order valence-electron chi connectivity index (χ1n) is 6.20. The van der Waals surface area contributed by atoms with Crippen molar-refractivity contribution in [3.05, 3.63) is 17.8 Å². The first kappa shape index (κ1) is 13.7. The van der Waals surface area contributed by atoms with Crippen LogP contribution in [0.3, 0.4) is 0 Å². The van der Waals surface area contributed by atoms with Gasteiger partial charge in [0.25, 0.3) is 0 Å². The van der Waals surface area contributed by atoms with Crippen LogP contribution >= 0.6 is 0 Å². The highest BCUT2D eigenvalue weighted by Crippen LogP contribution is 2.43. The average molecular weight is 265 g/mol. The summed E-state index contributed by atoms with van der Waals surface area (Å²) in [6.07, 6.45) is 1.19. The van der Waals surface area contributed by atoms with Gasteiger partial charge in [-0.2, -0.15) is 0 Å². The Morgan fingerprint density at radius 2 is 2.11 bits per heavy atom. The van der Waals surface area contributed by atoms with Gasteiger partial charge in [-0.05, 0) is 18.6 Å². The second-order valence-corrected chi connectivity index (χ2v) is 5.27. The van der Waals surface area contributed by atoms with E-state index in [9.17, 15) is 4.79 Å². The number of hydrogen-bond donors (Lipinski definition) is 1. The molecule has 0 aliphatic heterocycles. The van der Waals surface area contributed by atoms with Crippen LogP contribution in [0.1, 0.15) is 30.8 Å². The summed E-state index contributed by atoms with van der Waals surface area (Å²) in [5.74, 6) is 0.169. The summed E-state index contributed by atoms with van der Waals surface area (Å²) in [5.41, 5.74) is 0.257. The predicted molar refractivity (Wildman–Crippen MR) is 70.0 cm³/mol. The van der Waals surface area contributed by atoms with Crippen molar-refractivity contribution in [1.29, 1.82) is 0 Å². The molecule has 19 heavy (non-hydrogen) atoms. The van der Waals surface area contributed by atoms with E-state index in [-0.39, 0.29) is 23.3 Å². The zero-order chi connectivity index (χ0) is 14.0.